The zero-order valence-electron chi connectivity index (χ0n) is 24.3. The van der Waals surface area contributed by atoms with Gasteiger partial charge in [-0.15, -0.1) is 0 Å². The number of hydrogen-bond acceptors (Lipinski definition) is 1. The van der Waals surface area contributed by atoms with Crippen molar-refractivity contribution in [2.24, 2.45) is 0 Å². The van der Waals surface area contributed by atoms with E-state index in [1.165, 1.54) is 54.9 Å². The van der Waals surface area contributed by atoms with Gasteiger partial charge in [0.05, 0.1) is 0 Å². The predicted molar refractivity (Wildman–Crippen MR) is 184 cm³/mol. The van der Waals surface area contributed by atoms with Crippen LogP contribution < -0.4 is 15.9 Å². The molecular formula is C41H31OP. The monoisotopic (exact) mass is 570 g/mol. The van der Waals surface area contributed by atoms with E-state index in [0.717, 1.165) is 15.9 Å². The standard InChI is InChI=1S/C41H31OP/c1-41(2)36-24-14-23-35-38(28-15-6-3-7-16-28)32-21-12-13-22-33(32)39(40(35)36)34-26-25-31(27-37(34)41)43(42,29-17-8-4-9-18-29)30-19-10-5-11-20-30/h3-27H,1-2H3. The fraction of sp³-hybridized carbons (Fsp3) is 0.0732. The molecule has 7 aromatic rings. The van der Waals surface area contributed by atoms with E-state index in [1.807, 2.05) is 60.7 Å². The lowest BCUT2D eigenvalue weighted by Gasteiger charge is -2.37. The summed E-state index contributed by atoms with van der Waals surface area (Å²) in [4.78, 5) is 0. The van der Waals surface area contributed by atoms with E-state index in [0.29, 0.717) is 0 Å². The summed E-state index contributed by atoms with van der Waals surface area (Å²) in [7, 11) is -3.12. The maximum absolute atomic E-state index is 15.4. The lowest BCUT2D eigenvalue weighted by molar-refractivity contribution is 0.592. The molecule has 1 aliphatic carbocycles. The van der Waals surface area contributed by atoms with Crippen LogP contribution in [0.15, 0.2) is 152 Å². The summed E-state index contributed by atoms with van der Waals surface area (Å²) in [6.07, 6.45) is 0. The van der Waals surface area contributed by atoms with Crippen molar-refractivity contribution in [1.82, 2.24) is 0 Å². The molecule has 1 nitrogen and oxygen atoms in total. The SMILES string of the molecule is CC1(C)c2cc(P(=O)(c3ccccc3)c3ccccc3)ccc2-c2c3ccccc3c(-c3ccccc3)c3cccc1c23. The molecule has 0 N–H and O–H groups in total. The minimum atomic E-state index is -3.12. The predicted octanol–water partition coefficient (Wildman–Crippen LogP) is 9.61. The molecule has 7 aromatic carbocycles. The Hall–Kier alpha value is -4.71. The molecule has 0 aliphatic heterocycles. The Morgan fingerprint density at radius 3 is 1.63 bits per heavy atom. The Morgan fingerprint density at radius 1 is 0.465 bits per heavy atom. The van der Waals surface area contributed by atoms with Crippen molar-refractivity contribution in [3.8, 4) is 22.3 Å². The summed E-state index contributed by atoms with van der Waals surface area (Å²) in [6, 6.07) is 52.9. The summed E-state index contributed by atoms with van der Waals surface area (Å²) in [6.45, 7) is 4.64. The lowest BCUT2D eigenvalue weighted by atomic mass is 9.67. The van der Waals surface area contributed by atoms with Crippen LogP contribution in [0.3, 0.4) is 0 Å². The molecule has 0 aromatic heterocycles. The largest absolute Gasteiger partial charge is 0.309 e. The number of benzene rings is 7. The molecule has 0 radical (unpaired) electrons. The molecule has 0 bridgehead atoms. The minimum absolute atomic E-state index is 0.299. The Morgan fingerprint density at radius 2 is 1.00 bits per heavy atom. The minimum Gasteiger partial charge on any atom is -0.309 e. The Balaban J connectivity index is 1.47. The molecule has 0 saturated carbocycles. The van der Waals surface area contributed by atoms with E-state index in [4.69, 9.17) is 0 Å². The Bertz CT molecular complexity index is 2170. The highest BCUT2D eigenvalue weighted by molar-refractivity contribution is 7.85. The Kier molecular flexibility index (Phi) is 5.83. The van der Waals surface area contributed by atoms with Gasteiger partial charge in [0.25, 0.3) is 0 Å². The average molecular weight is 571 g/mol. The van der Waals surface area contributed by atoms with Crippen LogP contribution in [0, 0.1) is 0 Å². The van der Waals surface area contributed by atoms with Crippen molar-refractivity contribution in [2.75, 3.05) is 0 Å². The first kappa shape index (κ1) is 26.0. The first-order valence-electron chi connectivity index (χ1n) is 14.9. The van der Waals surface area contributed by atoms with Crippen molar-refractivity contribution < 1.29 is 4.57 Å². The van der Waals surface area contributed by atoms with Gasteiger partial charge in [0, 0.05) is 21.3 Å². The van der Waals surface area contributed by atoms with Gasteiger partial charge >= 0.3 is 0 Å². The summed E-state index contributed by atoms with van der Waals surface area (Å²) in [5, 5.41) is 7.68. The zero-order valence-corrected chi connectivity index (χ0v) is 25.2. The van der Waals surface area contributed by atoms with Gasteiger partial charge in [0.15, 0.2) is 7.14 Å². The van der Waals surface area contributed by atoms with Crippen LogP contribution in [0.1, 0.15) is 25.0 Å². The highest BCUT2D eigenvalue weighted by atomic mass is 31.2. The second-order valence-electron chi connectivity index (χ2n) is 12.0. The van der Waals surface area contributed by atoms with Crippen molar-refractivity contribution in [1.29, 1.82) is 0 Å². The molecular weight excluding hydrogens is 539 g/mol. The van der Waals surface area contributed by atoms with Crippen LogP contribution in [-0.2, 0) is 9.98 Å². The van der Waals surface area contributed by atoms with E-state index in [-0.39, 0.29) is 5.41 Å². The molecule has 0 spiro atoms. The van der Waals surface area contributed by atoms with Gasteiger partial charge in [-0.25, -0.2) is 0 Å². The van der Waals surface area contributed by atoms with Crippen LogP contribution in [0.25, 0.3) is 43.8 Å². The molecule has 0 heterocycles. The Labute approximate surface area is 252 Å². The highest BCUT2D eigenvalue weighted by Gasteiger charge is 2.38. The summed E-state index contributed by atoms with van der Waals surface area (Å²) >= 11 is 0. The third-order valence-corrected chi connectivity index (χ3v) is 12.4. The van der Waals surface area contributed by atoms with Crippen LogP contribution in [0.4, 0.5) is 0 Å². The number of hydrogen-bond donors (Lipinski definition) is 0. The molecule has 8 rings (SSSR count). The molecule has 0 saturated heterocycles. The van der Waals surface area contributed by atoms with E-state index in [9.17, 15) is 0 Å². The smallest absolute Gasteiger partial charge is 0.171 e. The van der Waals surface area contributed by atoms with Gasteiger partial charge < -0.3 is 4.57 Å². The lowest BCUT2D eigenvalue weighted by Crippen LogP contribution is -2.29. The van der Waals surface area contributed by atoms with Crippen molar-refractivity contribution in [3.63, 3.8) is 0 Å². The van der Waals surface area contributed by atoms with Crippen molar-refractivity contribution in [3.05, 3.63) is 163 Å². The first-order chi connectivity index (χ1) is 21.0. The molecule has 2 heteroatoms. The number of rotatable bonds is 4. The quantitative estimate of drug-likeness (QED) is 0.152. The molecule has 0 fully saturated rings. The van der Waals surface area contributed by atoms with Crippen LogP contribution >= 0.6 is 7.14 Å². The van der Waals surface area contributed by atoms with Gasteiger partial charge in [-0.05, 0) is 61.0 Å². The fourth-order valence-corrected chi connectivity index (χ4v) is 9.95. The third kappa shape index (κ3) is 3.75. The molecule has 206 valence electrons. The van der Waals surface area contributed by atoms with Gasteiger partial charge in [0.2, 0.25) is 0 Å². The van der Waals surface area contributed by atoms with E-state index in [2.05, 4.69) is 105 Å². The van der Waals surface area contributed by atoms with E-state index >= 15 is 4.57 Å². The molecule has 0 amide bonds. The van der Waals surface area contributed by atoms with Gasteiger partial charge in [-0.1, -0.05) is 159 Å². The van der Waals surface area contributed by atoms with E-state index < -0.39 is 7.14 Å². The summed E-state index contributed by atoms with van der Waals surface area (Å²) < 4.78 is 15.4. The fourth-order valence-electron chi connectivity index (χ4n) is 7.28. The van der Waals surface area contributed by atoms with Crippen LogP contribution in [0.5, 0.6) is 0 Å². The van der Waals surface area contributed by atoms with Gasteiger partial charge in [0.1, 0.15) is 0 Å². The highest BCUT2D eigenvalue weighted by Crippen LogP contribution is 2.54. The topological polar surface area (TPSA) is 17.1 Å². The normalized spacial score (nSPS) is 13.6. The zero-order chi connectivity index (χ0) is 29.2. The average Bonchev–Trinajstić information content (AvgIpc) is 3.07. The molecule has 0 unspecified atom stereocenters. The van der Waals surface area contributed by atoms with E-state index in [1.54, 1.807) is 0 Å². The van der Waals surface area contributed by atoms with Gasteiger partial charge in [-0.2, -0.15) is 0 Å². The van der Waals surface area contributed by atoms with Crippen LogP contribution in [-0.4, -0.2) is 0 Å². The second kappa shape index (κ2) is 9.66. The maximum atomic E-state index is 15.4. The molecule has 1 aliphatic rings. The number of fused-ring (bicyclic) bond motifs is 4. The van der Waals surface area contributed by atoms with Gasteiger partial charge in [-0.3, -0.25) is 0 Å². The second-order valence-corrected chi connectivity index (χ2v) is 14.8. The van der Waals surface area contributed by atoms with Crippen LogP contribution in [0.2, 0.25) is 0 Å². The molecule has 0 atom stereocenters. The first-order valence-corrected chi connectivity index (χ1v) is 16.6. The third-order valence-electron chi connectivity index (χ3n) is 9.33. The summed E-state index contributed by atoms with van der Waals surface area (Å²) in [5.74, 6) is 0. The summed E-state index contributed by atoms with van der Waals surface area (Å²) in [5.41, 5.74) is 7.23. The van der Waals surface area contributed by atoms with Crippen molar-refractivity contribution >= 4 is 44.6 Å². The maximum Gasteiger partial charge on any atom is 0.171 e. The van der Waals surface area contributed by atoms with Crippen molar-refractivity contribution in [2.45, 2.75) is 19.3 Å². The molecule has 43 heavy (non-hydrogen) atoms.